The lowest BCUT2D eigenvalue weighted by atomic mass is 9.81. The summed E-state index contributed by atoms with van der Waals surface area (Å²) in [7, 11) is 0. The lowest BCUT2D eigenvalue weighted by molar-refractivity contribution is -0.132. The molecule has 0 bridgehead atoms. The predicted octanol–water partition coefficient (Wildman–Crippen LogP) is 4.40. The monoisotopic (exact) mass is 429 g/mol. The number of benzene rings is 2. The van der Waals surface area contributed by atoms with Crippen molar-refractivity contribution in [2.75, 3.05) is 18.4 Å². The van der Waals surface area contributed by atoms with Crippen molar-refractivity contribution in [2.45, 2.75) is 26.3 Å². The average molecular weight is 430 g/mol. The molecule has 0 saturated carbocycles. The molecule has 0 aliphatic carbocycles. The normalized spacial score (nSPS) is 19.4. The first-order chi connectivity index (χ1) is 13.0. The van der Waals surface area contributed by atoms with Gasteiger partial charge in [-0.05, 0) is 53.4 Å². The molecule has 0 radical (unpaired) electrons. The summed E-state index contributed by atoms with van der Waals surface area (Å²) in [5.41, 5.74) is 1.20. The van der Waals surface area contributed by atoms with Crippen molar-refractivity contribution in [2.24, 2.45) is 5.41 Å². The molecule has 2 N–H and O–H groups in total. The van der Waals surface area contributed by atoms with Gasteiger partial charge in [-0.3, -0.25) is 4.79 Å². The summed E-state index contributed by atoms with van der Waals surface area (Å²) < 4.78 is 0.832. The Balaban J connectivity index is 1.60. The Hall–Kier alpha value is -2.34. The number of amides is 3. The third-order valence-corrected chi connectivity index (χ3v) is 5.63. The minimum Gasteiger partial charge on any atom is -0.351 e. The second-order valence-electron chi connectivity index (χ2n) is 7.16. The molecule has 1 saturated heterocycles. The van der Waals surface area contributed by atoms with E-state index in [-0.39, 0.29) is 11.9 Å². The van der Waals surface area contributed by atoms with E-state index in [4.69, 9.17) is 0 Å². The largest absolute Gasteiger partial charge is 0.351 e. The van der Waals surface area contributed by atoms with Gasteiger partial charge in [0, 0.05) is 24.1 Å². The predicted molar refractivity (Wildman–Crippen MR) is 110 cm³/mol. The van der Waals surface area contributed by atoms with Crippen molar-refractivity contribution in [3.8, 4) is 0 Å². The molecule has 1 fully saturated rings. The second kappa shape index (κ2) is 8.57. The third kappa shape index (κ3) is 4.89. The van der Waals surface area contributed by atoms with Gasteiger partial charge in [0.25, 0.3) is 0 Å². The van der Waals surface area contributed by atoms with Crippen LogP contribution < -0.4 is 10.6 Å². The zero-order chi connectivity index (χ0) is 19.3. The van der Waals surface area contributed by atoms with Crippen LogP contribution in [0.4, 0.5) is 10.5 Å². The van der Waals surface area contributed by atoms with Crippen LogP contribution in [-0.2, 0) is 11.3 Å². The topological polar surface area (TPSA) is 61.4 Å². The Kier molecular flexibility index (Phi) is 6.16. The number of piperidine rings is 1. The number of likely N-dealkylation sites (tertiary alicyclic amines) is 1. The minimum atomic E-state index is -0.585. The summed E-state index contributed by atoms with van der Waals surface area (Å²) in [6.07, 6.45) is 1.57. The van der Waals surface area contributed by atoms with Gasteiger partial charge in [0.05, 0.1) is 11.1 Å². The van der Waals surface area contributed by atoms with Crippen molar-refractivity contribution in [3.63, 3.8) is 0 Å². The molecule has 1 aliphatic rings. The highest BCUT2D eigenvalue weighted by molar-refractivity contribution is 9.10. The molecule has 3 amide bonds. The van der Waals surface area contributed by atoms with Crippen LogP contribution in [0.25, 0.3) is 0 Å². The van der Waals surface area contributed by atoms with E-state index in [1.165, 1.54) is 0 Å². The smallest absolute Gasteiger partial charge is 0.321 e. The van der Waals surface area contributed by atoms with E-state index in [1.807, 2.05) is 61.5 Å². The van der Waals surface area contributed by atoms with E-state index < -0.39 is 5.41 Å². The first-order valence-corrected chi connectivity index (χ1v) is 9.90. The molecule has 3 rings (SSSR count). The lowest BCUT2D eigenvalue weighted by Crippen LogP contribution is -2.52. The van der Waals surface area contributed by atoms with Crippen LogP contribution in [0.3, 0.4) is 0 Å². The molecule has 1 unspecified atom stereocenters. The maximum Gasteiger partial charge on any atom is 0.321 e. The van der Waals surface area contributed by atoms with Gasteiger partial charge in [-0.1, -0.05) is 42.5 Å². The number of carbonyl (C=O) groups excluding carboxylic acids is 2. The molecule has 1 heterocycles. The number of para-hydroxylation sites is 1. The number of hydrogen-bond donors (Lipinski definition) is 2. The van der Waals surface area contributed by atoms with Crippen LogP contribution in [0.5, 0.6) is 0 Å². The van der Waals surface area contributed by atoms with Crippen molar-refractivity contribution < 1.29 is 9.59 Å². The molecular weight excluding hydrogens is 406 g/mol. The highest BCUT2D eigenvalue weighted by atomic mass is 79.9. The minimum absolute atomic E-state index is 0.00950. The molecule has 0 aromatic heterocycles. The lowest BCUT2D eigenvalue weighted by Gasteiger charge is -2.39. The first kappa shape index (κ1) is 19.4. The quantitative estimate of drug-likeness (QED) is 0.756. The molecule has 6 heteroatoms. The van der Waals surface area contributed by atoms with Gasteiger partial charge in [-0.2, -0.15) is 0 Å². The maximum absolute atomic E-state index is 12.8. The van der Waals surface area contributed by atoms with Crippen LogP contribution in [0.15, 0.2) is 59.1 Å². The van der Waals surface area contributed by atoms with Gasteiger partial charge < -0.3 is 15.5 Å². The summed E-state index contributed by atoms with van der Waals surface area (Å²) in [6.45, 7) is 3.49. The molecule has 5 nitrogen and oxygen atoms in total. The van der Waals surface area contributed by atoms with Crippen molar-refractivity contribution >= 4 is 33.6 Å². The summed E-state index contributed by atoms with van der Waals surface area (Å²) in [6, 6.07) is 17.2. The van der Waals surface area contributed by atoms with E-state index in [1.54, 1.807) is 4.90 Å². The number of urea groups is 1. The van der Waals surface area contributed by atoms with Crippen molar-refractivity contribution in [1.29, 1.82) is 0 Å². The van der Waals surface area contributed by atoms with Crippen LogP contribution in [-0.4, -0.2) is 29.9 Å². The van der Waals surface area contributed by atoms with Crippen LogP contribution in [0, 0.1) is 5.41 Å². The standard InChI is InChI=1S/C21H24BrN3O2/c1-21(19(26)23-14-16-8-3-2-4-9-16)12-7-13-25(15-21)20(27)24-18-11-6-5-10-17(18)22/h2-6,8-11H,7,12-15H2,1H3,(H,23,26)(H,24,27). The Bertz CT molecular complexity index is 812. The third-order valence-electron chi connectivity index (χ3n) is 4.94. The summed E-state index contributed by atoms with van der Waals surface area (Å²) >= 11 is 3.44. The van der Waals surface area contributed by atoms with Gasteiger partial charge in [-0.25, -0.2) is 4.79 Å². The van der Waals surface area contributed by atoms with E-state index in [2.05, 4.69) is 26.6 Å². The Morgan fingerprint density at radius 3 is 2.56 bits per heavy atom. The first-order valence-electron chi connectivity index (χ1n) is 9.11. The van der Waals surface area contributed by atoms with Crippen molar-refractivity contribution in [3.05, 3.63) is 64.6 Å². The summed E-state index contributed by atoms with van der Waals surface area (Å²) in [5.74, 6) is -0.00950. The van der Waals surface area contributed by atoms with Gasteiger partial charge >= 0.3 is 6.03 Å². The van der Waals surface area contributed by atoms with E-state index in [0.717, 1.165) is 28.6 Å². The number of anilines is 1. The molecule has 1 aliphatic heterocycles. The van der Waals surface area contributed by atoms with Crippen molar-refractivity contribution in [1.82, 2.24) is 10.2 Å². The highest BCUT2D eigenvalue weighted by Crippen LogP contribution is 2.31. The second-order valence-corrected chi connectivity index (χ2v) is 8.02. The number of nitrogens with one attached hydrogen (secondary N) is 2. The molecule has 27 heavy (non-hydrogen) atoms. The number of rotatable bonds is 4. The molecular formula is C21H24BrN3O2. The van der Waals surface area contributed by atoms with Crippen LogP contribution >= 0.6 is 15.9 Å². The highest BCUT2D eigenvalue weighted by Gasteiger charge is 2.39. The SMILES string of the molecule is CC1(C(=O)NCc2ccccc2)CCCN(C(=O)Nc2ccccc2Br)C1. The Labute approximate surface area is 168 Å². The zero-order valence-corrected chi connectivity index (χ0v) is 17.0. The number of halogens is 1. The van der Waals surface area contributed by atoms with E-state index >= 15 is 0 Å². The molecule has 142 valence electrons. The fourth-order valence-corrected chi connectivity index (χ4v) is 3.73. The molecule has 2 aromatic rings. The average Bonchev–Trinajstić information content (AvgIpc) is 2.68. The van der Waals surface area contributed by atoms with Gasteiger partial charge in [-0.15, -0.1) is 0 Å². The van der Waals surface area contributed by atoms with Gasteiger partial charge in [0.2, 0.25) is 5.91 Å². The van der Waals surface area contributed by atoms with Gasteiger partial charge in [0.15, 0.2) is 0 Å². The number of hydrogen-bond acceptors (Lipinski definition) is 2. The Morgan fingerprint density at radius 2 is 1.81 bits per heavy atom. The maximum atomic E-state index is 12.8. The van der Waals surface area contributed by atoms with E-state index in [0.29, 0.717) is 19.6 Å². The van der Waals surface area contributed by atoms with E-state index in [9.17, 15) is 9.59 Å². The Morgan fingerprint density at radius 1 is 1.11 bits per heavy atom. The van der Waals surface area contributed by atoms with Gasteiger partial charge in [0.1, 0.15) is 0 Å². The zero-order valence-electron chi connectivity index (χ0n) is 15.4. The van der Waals surface area contributed by atoms with Crippen LogP contribution in [0.2, 0.25) is 0 Å². The molecule has 1 atom stereocenters. The fraction of sp³-hybridized carbons (Fsp3) is 0.333. The molecule has 2 aromatic carbocycles. The summed E-state index contributed by atoms with van der Waals surface area (Å²) in [5, 5.41) is 5.95. The summed E-state index contributed by atoms with van der Waals surface area (Å²) in [4.78, 5) is 27.2. The molecule has 0 spiro atoms. The number of nitrogens with zero attached hydrogens (tertiary/aromatic N) is 1. The number of carbonyl (C=O) groups is 2. The fourth-order valence-electron chi connectivity index (χ4n) is 3.35. The van der Waals surface area contributed by atoms with Crippen LogP contribution in [0.1, 0.15) is 25.3 Å².